The van der Waals surface area contributed by atoms with Crippen LogP contribution in [0.1, 0.15) is 5.69 Å². The maximum absolute atomic E-state index is 3.80. The normalized spacial score (nSPS) is 6.78. The topological polar surface area (TPSA) is 12.9 Å². The third-order valence-electron chi connectivity index (χ3n) is 0.682. The van der Waals surface area contributed by atoms with Crippen molar-refractivity contribution in [1.82, 2.24) is 4.98 Å². The Labute approximate surface area is 94.8 Å². The van der Waals surface area contributed by atoms with Crippen LogP contribution in [0.5, 0.6) is 0 Å². The minimum absolute atomic E-state index is 0. The Bertz CT molecular complexity index is 143. The van der Waals surface area contributed by atoms with Crippen LogP contribution in [-0.2, 0) is 53.8 Å². The van der Waals surface area contributed by atoms with Gasteiger partial charge in [-0.05, 0) is 0 Å². The minimum atomic E-state index is 0. The molecule has 0 amide bonds. The molecule has 0 aromatic carbocycles. The minimum Gasteiger partial charge on any atom is -0.431 e. The zero-order chi connectivity index (χ0) is 5.11. The van der Waals surface area contributed by atoms with Crippen molar-refractivity contribution >= 4 is 0 Å². The van der Waals surface area contributed by atoms with Crippen LogP contribution in [0.3, 0.4) is 0 Å². The summed E-state index contributed by atoms with van der Waals surface area (Å²) in [7, 11) is 0. The summed E-state index contributed by atoms with van der Waals surface area (Å²) in [5.41, 5.74) is 0.891. The van der Waals surface area contributed by atoms with E-state index in [1.54, 1.807) is 12.1 Å². The van der Waals surface area contributed by atoms with Crippen LogP contribution >= 0.6 is 0 Å². The molecule has 1 radical (unpaired) electrons. The Morgan fingerprint density at radius 1 is 1.44 bits per heavy atom. The first-order chi connectivity index (χ1) is 3.39. The van der Waals surface area contributed by atoms with Gasteiger partial charge in [-0.3, -0.25) is 0 Å². The average Bonchev–Trinajstić information content (AvgIpc) is 1.69. The van der Waals surface area contributed by atoms with Crippen molar-refractivity contribution in [3.8, 4) is 0 Å². The van der Waals surface area contributed by atoms with Crippen molar-refractivity contribution in [3.05, 3.63) is 30.1 Å². The maximum Gasteiger partial charge on any atom is 0 e. The molecule has 9 heavy (non-hydrogen) atoms. The molecule has 1 nitrogen and oxygen atoms in total. The summed E-state index contributed by atoms with van der Waals surface area (Å²) in [6.45, 7) is 1.89. The molecule has 0 saturated heterocycles. The molecule has 1 aromatic rings. The molecule has 0 aliphatic carbocycles. The average molecular weight is 364 g/mol. The molecule has 0 spiro atoms. The zero-order valence-corrected chi connectivity index (χ0v) is 10.9. The van der Waals surface area contributed by atoms with E-state index in [0.29, 0.717) is 0 Å². The van der Waals surface area contributed by atoms with Gasteiger partial charge in [0.25, 0.3) is 0 Å². The molecule has 0 atom stereocenters. The number of aryl methyl sites for hydroxylation is 1. The number of pyridine rings is 1. The van der Waals surface area contributed by atoms with E-state index in [9.17, 15) is 0 Å². The third kappa shape index (κ3) is 5.39. The van der Waals surface area contributed by atoms with Crippen LogP contribution in [-0.4, -0.2) is 4.98 Å². The summed E-state index contributed by atoms with van der Waals surface area (Å²) in [6, 6.07) is 6.41. The summed E-state index contributed by atoms with van der Waals surface area (Å²) in [5.74, 6) is 0. The molecule has 45 valence electrons. The molecule has 0 bridgehead atoms. The molecule has 1 heterocycles. The van der Waals surface area contributed by atoms with Crippen LogP contribution in [0.4, 0.5) is 0 Å². The number of aromatic nitrogens is 1. The van der Waals surface area contributed by atoms with Gasteiger partial charge in [0.05, 0.1) is 0 Å². The van der Waals surface area contributed by atoms with Crippen molar-refractivity contribution in [2.24, 2.45) is 0 Å². The summed E-state index contributed by atoms with van der Waals surface area (Å²) in [4.78, 5) is 3.80. The first-order valence-corrected chi connectivity index (χ1v) is 2.11. The van der Waals surface area contributed by atoms with E-state index < -0.39 is 0 Å². The molecule has 0 saturated carbocycles. The summed E-state index contributed by atoms with van der Waals surface area (Å²) < 4.78 is 0. The van der Waals surface area contributed by atoms with Crippen LogP contribution in [0, 0.1) is 19.2 Å². The largest absolute Gasteiger partial charge is 0.431 e. The zero-order valence-electron chi connectivity index (χ0n) is 5.09. The van der Waals surface area contributed by atoms with Crippen molar-refractivity contribution < 1.29 is 53.8 Å². The first kappa shape index (κ1) is 12.6. The van der Waals surface area contributed by atoms with Crippen LogP contribution in [0.15, 0.2) is 12.1 Å². The summed E-state index contributed by atoms with van der Waals surface area (Å²) in [6.07, 6.45) is 2.68. The third-order valence-corrected chi connectivity index (χ3v) is 0.682. The number of rotatable bonds is 0. The van der Waals surface area contributed by atoms with Gasteiger partial charge in [0.15, 0.2) is 0 Å². The van der Waals surface area contributed by atoms with E-state index in [1.807, 2.05) is 6.92 Å². The fraction of sp³-hybridized carbons (Fsp3) is 0.167. The van der Waals surface area contributed by atoms with Crippen LogP contribution in [0.25, 0.3) is 0 Å². The van der Waals surface area contributed by atoms with Gasteiger partial charge < -0.3 is 23.2 Å². The van der Waals surface area contributed by atoms with Crippen LogP contribution in [0.2, 0.25) is 0 Å². The molecule has 0 N–H and O–H groups in total. The molecule has 0 aliphatic heterocycles. The van der Waals surface area contributed by atoms with Gasteiger partial charge in [0, 0.05) is 53.8 Å². The predicted octanol–water partition coefficient (Wildman–Crippen LogP) is 0.985. The van der Waals surface area contributed by atoms with Gasteiger partial charge in [-0.15, -0.1) is 0 Å². The van der Waals surface area contributed by atoms with E-state index in [-0.39, 0.29) is 53.8 Å². The first-order valence-electron chi connectivity index (χ1n) is 2.11. The molecule has 0 fully saturated rings. The van der Waals surface area contributed by atoms with E-state index >= 15 is 0 Å². The maximum atomic E-state index is 3.80. The summed E-state index contributed by atoms with van der Waals surface area (Å²) in [5, 5.41) is 0. The van der Waals surface area contributed by atoms with Gasteiger partial charge in [-0.25, -0.2) is 0 Å². The smallest absolute Gasteiger partial charge is 0 e. The van der Waals surface area contributed by atoms with E-state index in [1.165, 1.54) is 0 Å². The van der Waals surface area contributed by atoms with Crippen molar-refractivity contribution in [2.45, 2.75) is 6.92 Å². The SMILES string of the molecule is Cc1[c-]cc[c-]n1.[W].[Y]. The summed E-state index contributed by atoms with van der Waals surface area (Å²) >= 11 is 0. The fourth-order valence-corrected chi connectivity index (χ4v) is 0.366. The fourth-order valence-electron chi connectivity index (χ4n) is 0.366. The molecule has 1 rings (SSSR count). The Balaban J connectivity index is 0. The van der Waals surface area contributed by atoms with Crippen LogP contribution < -0.4 is 0 Å². The Kier molecular flexibility index (Phi) is 9.88. The van der Waals surface area contributed by atoms with E-state index in [0.717, 1.165) is 5.69 Å². The van der Waals surface area contributed by atoms with Gasteiger partial charge in [-0.1, -0.05) is 6.92 Å². The quantitative estimate of drug-likeness (QED) is 0.626. The van der Waals surface area contributed by atoms with Crippen molar-refractivity contribution in [2.75, 3.05) is 0 Å². The van der Waals surface area contributed by atoms with E-state index in [2.05, 4.69) is 17.2 Å². The second kappa shape index (κ2) is 7.05. The molecule has 0 aliphatic rings. The second-order valence-corrected chi connectivity index (χ2v) is 1.30. The molecular weight excluding hydrogens is 359 g/mol. The molecular formula is C6H5NWY-2. The van der Waals surface area contributed by atoms with Crippen molar-refractivity contribution in [3.63, 3.8) is 0 Å². The molecule has 1 aromatic heterocycles. The monoisotopic (exact) mass is 364 g/mol. The van der Waals surface area contributed by atoms with E-state index in [4.69, 9.17) is 0 Å². The Hall–Kier alpha value is 0.942. The van der Waals surface area contributed by atoms with Gasteiger partial charge in [-0.2, -0.15) is 11.9 Å². The van der Waals surface area contributed by atoms with Gasteiger partial charge in [0.2, 0.25) is 0 Å². The standard InChI is InChI=1S/C6H5N.W.Y/c1-6-4-2-3-5-7-6;;/h2-3H,1H3;;/q-2;;. The molecule has 0 unspecified atom stereocenters. The molecule has 3 heteroatoms. The Morgan fingerprint density at radius 3 is 2.33 bits per heavy atom. The predicted molar refractivity (Wildman–Crippen MR) is 26.6 cm³/mol. The number of hydrogen-bond acceptors (Lipinski definition) is 1. The van der Waals surface area contributed by atoms with Gasteiger partial charge in [0.1, 0.15) is 0 Å². The number of nitrogens with zero attached hydrogens (tertiary/aromatic N) is 1. The number of hydrogen-bond donors (Lipinski definition) is 0. The van der Waals surface area contributed by atoms with Crippen molar-refractivity contribution in [1.29, 1.82) is 0 Å². The van der Waals surface area contributed by atoms with Gasteiger partial charge >= 0.3 is 0 Å². The Morgan fingerprint density at radius 2 is 2.11 bits per heavy atom. The second-order valence-electron chi connectivity index (χ2n) is 1.30.